The lowest BCUT2D eigenvalue weighted by Gasteiger charge is -1.79. The number of nitrogens with one attached hydrogen (secondary N) is 1. The third kappa shape index (κ3) is 0.977. The van der Waals surface area contributed by atoms with Gasteiger partial charge in [-0.3, -0.25) is 0 Å². The monoisotopic (exact) mass is 136 g/mol. The summed E-state index contributed by atoms with van der Waals surface area (Å²) in [4.78, 5) is 12.7. The molecule has 2 N–H and O–H groups in total. The molecule has 0 aliphatic carbocycles. The third-order valence-corrected chi connectivity index (χ3v) is 1.05. The number of carboxylic acids is 1. The SMILES string of the molecule is N#Cc1cc(C(=O)O)c[nH]1. The molecule has 0 aromatic carbocycles. The molecule has 0 saturated heterocycles. The van der Waals surface area contributed by atoms with E-state index in [0.29, 0.717) is 0 Å². The first kappa shape index (κ1) is 6.36. The third-order valence-electron chi connectivity index (χ3n) is 1.05. The van der Waals surface area contributed by atoms with Gasteiger partial charge in [-0.05, 0) is 6.07 Å². The van der Waals surface area contributed by atoms with Crippen molar-refractivity contribution in [2.45, 2.75) is 0 Å². The highest BCUT2D eigenvalue weighted by molar-refractivity contribution is 5.87. The van der Waals surface area contributed by atoms with Gasteiger partial charge in [0.2, 0.25) is 0 Å². The number of hydrogen-bond donors (Lipinski definition) is 2. The molecule has 0 saturated carbocycles. The minimum atomic E-state index is -1.03. The van der Waals surface area contributed by atoms with Gasteiger partial charge in [-0.25, -0.2) is 4.79 Å². The average molecular weight is 136 g/mol. The van der Waals surface area contributed by atoms with E-state index in [1.165, 1.54) is 12.3 Å². The van der Waals surface area contributed by atoms with Crippen molar-refractivity contribution in [1.29, 1.82) is 5.26 Å². The van der Waals surface area contributed by atoms with Gasteiger partial charge in [-0.2, -0.15) is 5.26 Å². The molecule has 0 aliphatic heterocycles. The van der Waals surface area contributed by atoms with Gasteiger partial charge in [0.05, 0.1) is 5.56 Å². The molecule has 0 bridgehead atoms. The van der Waals surface area contributed by atoms with Crippen molar-refractivity contribution >= 4 is 5.97 Å². The Morgan fingerprint density at radius 2 is 2.50 bits per heavy atom. The van der Waals surface area contributed by atoms with Gasteiger partial charge in [-0.1, -0.05) is 0 Å². The molecule has 1 rings (SSSR count). The largest absolute Gasteiger partial charge is 0.478 e. The van der Waals surface area contributed by atoms with Crippen LogP contribution in [0.4, 0.5) is 0 Å². The number of H-pyrrole nitrogens is 1. The number of rotatable bonds is 1. The predicted molar refractivity (Wildman–Crippen MR) is 32.5 cm³/mol. The van der Waals surface area contributed by atoms with E-state index in [9.17, 15) is 4.79 Å². The molecule has 0 radical (unpaired) electrons. The molecule has 4 heteroatoms. The van der Waals surface area contributed by atoms with Gasteiger partial charge < -0.3 is 10.1 Å². The van der Waals surface area contributed by atoms with Crippen LogP contribution in [0.15, 0.2) is 12.3 Å². The molecule has 10 heavy (non-hydrogen) atoms. The van der Waals surface area contributed by atoms with Crippen molar-refractivity contribution < 1.29 is 9.90 Å². The second kappa shape index (κ2) is 2.23. The molecule has 0 unspecified atom stereocenters. The lowest BCUT2D eigenvalue weighted by Crippen LogP contribution is -1.91. The van der Waals surface area contributed by atoms with Crippen LogP contribution in [-0.2, 0) is 0 Å². The second-order valence-electron chi connectivity index (χ2n) is 1.72. The quantitative estimate of drug-likeness (QED) is 0.592. The van der Waals surface area contributed by atoms with Crippen molar-refractivity contribution in [2.75, 3.05) is 0 Å². The number of aromatic amines is 1. The van der Waals surface area contributed by atoms with Crippen LogP contribution in [0, 0.1) is 11.3 Å². The maximum Gasteiger partial charge on any atom is 0.337 e. The zero-order valence-corrected chi connectivity index (χ0v) is 4.96. The summed E-state index contributed by atoms with van der Waals surface area (Å²) in [6, 6.07) is 3.06. The molecular weight excluding hydrogens is 132 g/mol. The lowest BCUT2D eigenvalue weighted by atomic mass is 10.3. The second-order valence-corrected chi connectivity index (χ2v) is 1.72. The summed E-state index contributed by atoms with van der Waals surface area (Å²) in [5.74, 6) is -1.03. The first-order valence-corrected chi connectivity index (χ1v) is 2.56. The van der Waals surface area contributed by atoms with Gasteiger partial charge in [-0.15, -0.1) is 0 Å². The molecule has 1 aromatic heterocycles. The highest BCUT2D eigenvalue weighted by atomic mass is 16.4. The minimum absolute atomic E-state index is 0.108. The predicted octanol–water partition coefficient (Wildman–Crippen LogP) is 0.585. The Morgan fingerprint density at radius 1 is 1.80 bits per heavy atom. The summed E-state index contributed by atoms with van der Waals surface area (Å²) in [5, 5.41) is 16.6. The Morgan fingerprint density at radius 3 is 2.80 bits per heavy atom. The lowest BCUT2D eigenvalue weighted by molar-refractivity contribution is 0.0697. The van der Waals surface area contributed by atoms with E-state index >= 15 is 0 Å². The standard InChI is InChI=1S/C6H4N2O2/c7-2-5-1-4(3-8-5)6(9)10/h1,3,8H,(H,9,10). The zero-order valence-electron chi connectivity index (χ0n) is 4.96. The van der Waals surface area contributed by atoms with Crippen molar-refractivity contribution in [3.8, 4) is 6.07 Å². The number of carbonyl (C=O) groups is 1. The smallest absolute Gasteiger partial charge is 0.337 e. The number of nitrogens with zero attached hydrogens (tertiary/aromatic N) is 1. The van der Waals surface area contributed by atoms with Crippen LogP contribution in [0.3, 0.4) is 0 Å². The fourth-order valence-corrected chi connectivity index (χ4v) is 0.582. The van der Waals surface area contributed by atoms with Crippen LogP contribution in [0.5, 0.6) is 0 Å². The summed E-state index contributed by atoms with van der Waals surface area (Å²) in [5.41, 5.74) is 0.369. The summed E-state index contributed by atoms with van der Waals surface area (Å²) in [6.45, 7) is 0. The Bertz CT molecular complexity index is 295. The van der Waals surface area contributed by atoms with Crippen molar-refractivity contribution in [3.63, 3.8) is 0 Å². The van der Waals surface area contributed by atoms with Crippen molar-refractivity contribution in [2.24, 2.45) is 0 Å². The number of aromatic carboxylic acids is 1. The molecule has 0 fully saturated rings. The van der Waals surface area contributed by atoms with Crippen LogP contribution < -0.4 is 0 Å². The Kier molecular flexibility index (Phi) is 1.42. The van der Waals surface area contributed by atoms with Gasteiger partial charge in [0.1, 0.15) is 11.8 Å². The molecule has 0 atom stereocenters. The number of nitriles is 1. The van der Waals surface area contributed by atoms with Gasteiger partial charge in [0.15, 0.2) is 0 Å². The highest BCUT2D eigenvalue weighted by Gasteiger charge is 2.03. The summed E-state index contributed by atoms with van der Waals surface area (Å²) < 4.78 is 0. The fourth-order valence-electron chi connectivity index (χ4n) is 0.582. The van der Waals surface area contributed by atoms with Gasteiger partial charge in [0, 0.05) is 6.20 Å². The maximum atomic E-state index is 10.2. The first-order chi connectivity index (χ1) is 4.74. The van der Waals surface area contributed by atoms with Gasteiger partial charge >= 0.3 is 5.97 Å². The number of carboxylic acid groups (broad SMARTS) is 1. The molecular formula is C6H4N2O2. The van der Waals surface area contributed by atoms with Crippen molar-refractivity contribution in [1.82, 2.24) is 4.98 Å². The summed E-state index contributed by atoms with van der Waals surface area (Å²) >= 11 is 0. The highest BCUT2D eigenvalue weighted by Crippen LogP contribution is 2.00. The minimum Gasteiger partial charge on any atom is -0.478 e. The van der Waals surface area contributed by atoms with E-state index in [-0.39, 0.29) is 11.3 Å². The molecule has 50 valence electrons. The zero-order chi connectivity index (χ0) is 7.56. The van der Waals surface area contributed by atoms with E-state index < -0.39 is 5.97 Å². The van der Waals surface area contributed by atoms with Crippen LogP contribution in [0.1, 0.15) is 16.1 Å². The van der Waals surface area contributed by atoms with E-state index in [2.05, 4.69) is 4.98 Å². The number of hydrogen-bond acceptors (Lipinski definition) is 2. The first-order valence-electron chi connectivity index (χ1n) is 2.56. The maximum absolute atomic E-state index is 10.2. The Hall–Kier alpha value is -1.76. The molecule has 1 aromatic rings. The summed E-state index contributed by atoms with van der Waals surface area (Å²) in [7, 11) is 0. The number of aromatic nitrogens is 1. The van der Waals surface area contributed by atoms with Crippen molar-refractivity contribution in [3.05, 3.63) is 23.5 Å². The van der Waals surface area contributed by atoms with Gasteiger partial charge in [0.25, 0.3) is 0 Å². The molecule has 0 amide bonds. The average Bonchev–Trinajstić information content (AvgIpc) is 2.34. The van der Waals surface area contributed by atoms with E-state index in [1.807, 2.05) is 0 Å². The van der Waals surface area contributed by atoms with Crippen LogP contribution in [-0.4, -0.2) is 16.1 Å². The Labute approximate surface area is 56.7 Å². The fraction of sp³-hybridized carbons (Fsp3) is 0. The van der Waals surface area contributed by atoms with Crippen LogP contribution in [0.2, 0.25) is 0 Å². The van der Waals surface area contributed by atoms with E-state index in [1.54, 1.807) is 6.07 Å². The summed E-state index contributed by atoms with van der Waals surface area (Å²) in [6.07, 6.45) is 1.28. The topological polar surface area (TPSA) is 76.9 Å². The molecule has 0 spiro atoms. The van der Waals surface area contributed by atoms with E-state index in [4.69, 9.17) is 10.4 Å². The van der Waals surface area contributed by atoms with Crippen LogP contribution in [0.25, 0.3) is 0 Å². The normalized spacial score (nSPS) is 8.70. The molecule has 4 nitrogen and oxygen atoms in total. The molecule has 0 aliphatic rings. The Balaban J connectivity index is 3.02. The molecule has 1 heterocycles. The van der Waals surface area contributed by atoms with E-state index in [0.717, 1.165) is 0 Å². The van der Waals surface area contributed by atoms with Crippen LogP contribution >= 0.6 is 0 Å².